The zero-order chi connectivity index (χ0) is 24.4. The number of carbonyl (C=O) groups excluding carboxylic acids is 1. The van der Waals surface area contributed by atoms with Crippen LogP contribution in [0.3, 0.4) is 0 Å². The highest BCUT2D eigenvalue weighted by Gasteiger charge is 2.33. The lowest BCUT2D eigenvalue weighted by molar-refractivity contribution is 0.101. The van der Waals surface area contributed by atoms with Gasteiger partial charge >= 0.3 is 0 Å². The van der Waals surface area contributed by atoms with Crippen LogP contribution in [0, 0.1) is 11.3 Å². The second kappa shape index (κ2) is 8.94. The van der Waals surface area contributed by atoms with Crippen LogP contribution in [0.15, 0.2) is 46.0 Å². The topological polar surface area (TPSA) is 178 Å². The van der Waals surface area contributed by atoms with Crippen LogP contribution in [0.1, 0.15) is 52.0 Å². The van der Waals surface area contributed by atoms with Crippen LogP contribution in [0.25, 0.3) is 0 Å². The molecule has 1 amide bonds. The van der Waals surface area contributed by atoms with Gasteiger partial charge in [0.25, 0.3) is 11.5 Å². The Labute approximate surface area is 192 Å². The minimum Gasteiger partial charge on any atom is -0.501 e. The Bertz CT molecular complexity index is 1450. The minimum atomic E-state index is -0.821. The molecule has 0 radical (unpaired) electrons. The average molecular weight is 461 g/mol. The highest BCUT2D eigenvalue weighted by molar-refractivity contribution is 6.04. The van der Waals surface area contributed by atoms with Gasteiger partial charge in [0, 0.05) is 13.0 Å². The summed E-state index contributed by atoms with van der Waals surface area (Å²) < 4.78 is 5.83. The molecule has 2 N–H and O–H groups in total. The van der Waals surface area contributed by atoms with Gasteiger partial charge in [-0.2, -0.15) is 10.1 Å². The predicted octanol–water partition coefficient (Wildman–Crippen LogP) is 1.06. The van der Waals surface area contributed by atoms with Crippen molar-refractivity contribution < 1.29 is 14.4 Å². The molecule has 13 nitrogen and oxygen atoms in total. The van der Waals surface area contributed by atoms with Gasteiger partial charge in [-0.1, -0.05) is 30.3 Å². The molecule has 3 heterocycles. The number of aromatic nitrogens is 7. The van der Waals surface area contributed by atoms with Crippen molar-refractivity contribution >= 4 is 11.6 Å². The van der Waals surface area contributed by atoms with Crippen LogP contribution >= 0.6 is 0 Å². The van der Waals surface area contributed by atoms with E-state index < -0.39 is 34.7 Å². The summed E-state index contributed by atoms with van der Waals surface area (Å²) in [5.41, 5.74) is -0.0623. The second-order valence-corrected chi connectivity index (χ2v) is 7.50. The highest BCUT2D eigenvalue weighted by Crippen LogP contribution is 2.37. The monoisotopic (exact) mass is 461 g/mol. The molecule has 0 bridgehead atoms. The second-order valence-electron chi connectivity index (χ2n) is 7.50. The van der Waals surface area contributed by atoms with Crippen LogP contribution in [-0.2, 0) is 14.1 Å². The number of anilines is 1. The summed E-state index contributed by atoms with van der Waals surface area (Å²) in [7, 11) is 3.04. The predicted molar refractivity (Wildman–Crippen MR) is 116 cm³/mol. The van der Waals surface area contributed by atoms with Gasteiger partial charge < -0.3 is 14.9 Å². The van der Waals surface area contributed by atoms with Crippen LogP contribution in [0.2, 0.25) is 0 Å². The summed E-state index contributed by atoms with van der Waals surface area (Å²) in [6, 6.07) is 9.08. The van der Waals surface area contributed by atoms with E-state index in [4.69, 9.17) is 0 Å². The third kappa shape index (κ3) is 3.99. The third-order valence-electron chi connectivity index (χ3n) is 5.33. The van der Waals surface area contributed by atoms with Gasteiger partial charge in [-0.25, -0.2) is 4.98 Å². The maximum atomic E-state index is 12.8. The van der Waals surface area contributed by atoms with Crippen molar-refractivity contribution in [3.05, 3.63) is 75.5 Å². The van der Waals surface area contributed by atoms with Gasteiger partial charge in [0.1, 0.15) is 17.8 Å². The summed E-state index contributed by atoms with van der Waals surface area (Å²) in [4.78, 5) is 31.2. The van der Waals surface area contributed by atoms with Crippen molar-refractivity contribution in [2.45, 2.75) is 18.8 Å². The maximum absolute atomic E-state index is 12.8. The molecule has 4 aromatic rings. The standard InChI is InChI=1S/C21H19N9O4/c1-11(15(18-26-28-30(3)27-18)14-7-5-4-6-12(14)8-22)19-25-16(17(31)21(33)29(19)2)20(32)24-13-9-23-34-10-13/h4-7,9-11,15,31H,1-3H3,(H,24,32)/t11-,15+/m1/s1. The molecule has 0 aliphatic rings. The Morgan fingerprint density at radius 1 is 1.29 bits per heavy atom. The molecule has 0 unspecified atom stereocenters. The summed E-state index contributed by atoms with van der Waals surface area (Å²) >= 11 is 0. The molecule has 2 atom stereocenters. The van der Waals surface area contributed by atoms with Crippen molar-refractivity contribution in [1.82, 2.24) is 34.9 Å². The van der Waals surface area contributed by atoms with Crippen molar-refractivity contribution in [3.63, 3.8) is 0 Å². The lowest BCUT2D eigenvalue weighted by Gasteiger charge is -2.24. The number of hydrogen-bond donors (Lipinski definition) is 2. The number of rotatable bonds is 6. The van der Waals surface area contributed by atoms with E-state index in [0.29, 0.717) is 17.0 Å². The van der Waals surface area contributed by atoms with Gasteiger partial charge in [-0.3, -0.25) is 14.2 Å². The molecular weight excluding hydrogens is 442 g/mol. The number of aromatic hydroxyl groups is 1. The van der Waals surface area contributed by atoms with Crippen molar-refractivity contribution in [3.8, 4) is 11.8 Å². The molecule has 0 saturated heterocycles. The number of nitrogens with one attached hydrogen (secondary N) is 1. The molecule has 172 valence electrons. The van der Waals surface area contributed by atoms with E-state index >= 15 is 0 Å². The van der Waals surface area contributed by atoms with Gasteiger partial charge in [0.15, 0.2) is 11.5 Å². The zero-order valence-electron chi connectivity index (χ0n) is 18.4. The van der Waals surface area contributed by atoms with Gasteiger partial charge in [-0.15, -0.1) is 10.2 Å². The Balaban J connectivity index is 1.85. The third-order valence-corrected chi connectivity index (χ3v) is 5.33. The number of hydrogen-bond acceptors (Lipinski definition) is 10. The van der Waals surface area contributed by atoms with Crippen LogP contribution in [0.4, 0.5) is 5.69 Å². The van der Waals surface area contributed by atoms with E-state index in [0.717, 1.165) is 4.57 Å². The number of aryl methyl sites for hydroxylation is 1. The zero-order valence-corrected chi connectivity index (χ0v) is 18.4. The fourth-order valence-electron chi connectivity index (χ4n) is 3.70. The Hall–Kier alpha value is -4.86. The van der Waals surface area contributed by atoms with E-state index in [1.165, 1.54) is 24.3 Å². The first kappa shape index (κ1) is 22.3. The number of benzene rings is 1. The number of carbonyl (C=O) groups is 1. The maximum Gasteiger partial charge on any atom is 0.296 e. The molecular formula is C21H19N9O4. The summed E-state index contributed by atoms with van der Waals surface area (Å²) in [5.74, 6) is -2.41. The van der Waals surface area contributed by atoms with Crippen LogP contribution in [-0.4, -0.2) is 45.9 Å². The number of amides is 1. The van der Waals surface area contributed by atoms with E-state index in [1.54, 1.807) is 38.2 Å². The van der Waals surface area contributed by atoms with E-state index in [1.807, 2.05) is 0 Å². The molecule has 3 aromatic heterocycles. The summed E-state index contributed by atoms with van der Waals surface area (Å²) in [6.45, 7) is 1.76. The fraction of sp³-hybridized carbons (Fsp3) is 0.238. The van der Waals surface area contributed by atoms with E-state index in [2.05, 4.69) is 41.5 Å². The summed E-state index contributed by atoms with van der Waals surface area (Å²) in [6.07, 6.45) is 2.45. The Kier molecular flexibility index (Phi) is 5.88. The molecule has 0 fully saturated rings. The van der Waals surface area contributed by atoms with Gasteiger partial charge in [0.2, 0.25) is 5.75 Å². The lowest BCUT2D eigenvalue weighted by atomic mass is 9.83. The SMILES string of the molecule is C[C@@H](c1nc(C(=O)Nc2cnoc2)c(O)c(=O)n1C)[C@H](c1nnn(C)n1)c1ccccc1C#N. The molecule has 1 aromatic carbocycles. The van der Waals surface area contributed by atoms with E-state index in [9.17, 15) is 20.0 Å². The van der Waals surface area contributed by atoms with Crippen LogP contribution < -0.4 is 10.9 Å². The normalized spacial score (nSPS) is 12.6. The first-order chi connectivity index (χ1) is 16.3. The molecule has 0 aliphatic carbocycles. The van der Waals surface area contributed by atoms with Crippen molar-refractivity contribution in [1.29, 1.82) is 5.26 Å². The first-order valence-electron chi connectivity index (χ1n) is 10.0. The molecule has 0 aliphatic heterocycles. The lowest BCUT2D eigenvalue weighted by Crippen LogP contribution is -2.29. The average Bonchev–Trinajstić information content (AvgIpc) is 3.50. The van der Waals surface area contributed by atoms with Crippen LogP contribution in [0.5, 0.6) is 5.75 Å². The first-order valence-corrected chi connectivity index (χ1v) is 10.0. The number of nitrogens with zero attached hydrogens (tertiary/aromatic N) is 8. The quantitative estimate of drug-likeness (QED) is 0.422. The smallest absolute Gasteiger partial charge is 0.296 e. The number of tetrazole rings is 1. The van der Waals surface area contributed by atoms with Gasteiger partial charge in [-0.05, 0) is 16.8 Å². The number of nitriles is 1. The Morgan fingerprint density at radius 3 is 2.71 bits per heavy atom. The van der Waals surface area contributed by atoms with Crippen molar-refractivity contribution in [2.75, 3.05) is 5.32 Å². The summed E-state index contributed by atoms with van der Waals surface area (Å²) in [5, 5.41) is 38.3. The van der Waals surface area contributed by atoms with Crippen molar-refractivity contribution in [2.24, 2.45) is 14.1 Å². The Morgan fingerprint density at radius 2 is 2.06 bits per heavy atom. The molecule has 0 spiro atoms. The highest BCUT2D eigenvalue weighted by atomic mass is 16.5. The van der Waals surface area contributed by atoms with Gasteiger partial charge in [0.05, 0.1) is 30.8 Å². The molecule has 13 heteroatoms. The molecule has 4 rings (SSSR count). The van der Waals surface area contributed by atoms with E-state index in [-0.39, 0.29) is 11.5 Å². The molecule has 0 saturated carbocycles. The largest absolute Gasteiger partial charge is 0.501 e. The minimum absolute atomic E-state index is 0.170. The fourth-order valence-corrected chi connectivity index (χ4v) is 3.70. The molecule has 34 heavy (non-hydrogen) atoms.